The van der Waals surface area contributed by atoms with E-state index in [1.54, 1.807) is 0 Å². The minimum Gasteiger partial charge on any atom is -0.476 e. The van der Waals surface area contributed by atoms with Crippen LogP contribution in [0.2, 0.25) is 0 Å². The van der Waals surface area contributed by atoms with E-state index in [4.69, 9.17) is 15.2 Å². The number of nitrogens with two attached hydrogens (primary N) is 1. The van der Waals surface area contributed by atoms with Gasteiger partial charge in [0.05, 0.1) is 12.7 Å². The van der Waals surface area contributed by atoms with Gasteiger partial charge < -0.3 is 15.2 Å². The van der Waals surface area contributed by atoms with Crippen LogP contribution < -0.4 is 15.2 Å². The van der Waals surface area contributed by atoms with Gasteiger partial charge in [-0.1, -0.05) is 13.8 Å². The lowest BCUT2D eigenvalue weighted by molar-refractivity contribution is 0.185. The van der Waals surface area contributed by atoms with Crippen LogP contribution in [0, 0.1) is 5.92 Å². The fraction of sp³-hybridized carbons (Fsp3) is 0.667. The second-order valence-corrected chi connectivity index (χ2v) is 4.39. The Morgan fingerprint density at radius 3 is 2.47 bits per heavy atom. The van der Waals surface area contributed by atoms with Crippen molar-refractivity contribution >= 4 is 5.69 Å². The molecule has 0 amide bonds. The minimum atomic E-state index is 0.0710. The highest BCUT2D eigenvalue weighted by Gasteiger charge is 2.14. The summed E-state index contributed by atoms with van der Waals surface area (Å²) in [5.41, 5.74) is 6.24. The number of anilines is 1. The average molecular weight is 239 g/mol. The summed E-state index contributed by atoms with van der Waals surface area (Å²) in [7, 11) is 0. The zero-order valence-corrected chi connectivity index (χ0v) is 10.9. The van der Waals surface area contributed by atoms with Crippen molar-refractivity contribution < 1.29 is 9.47 Å². The number of rotatable bonds is 6. The van der Waals surface area contributed by atoms with Gasteiger partial charge in [-0.05, 0) is 26.2 Å². The van der Waals surface area contributed by atoms with E-state index in [2.05, 4.69) is 23.8 Å². The molecule has 0 spiro atoms. The van der Waals surface area contributed by atoms with Crippen LogP contribution in [0.25, 0.3) is 0 Å². The molecule has 96 valence electrons. The monoisotopic (exact) mass is 239 g/mol. The lowest BCUT2D eigenvalue weighted by Gasteiger charge is -2.17. The van der Waals surface area contributed by atoms with Gasteiger partial charge in [0, 0.05) is 0 Å². The van der Waals surface area contributed by atoms with Crippen LogP contribution in [0.15, 0.2) is 6.33 Å². The quantitative estimate of drug-likeness (QED) is 0.824. The SMILES string of the molecule is CCOc1ncnc(OC(C)CC(C)C)c1N. The molecular formula is C12H21N3O2. The van der Waals surface area contributed by atoms with Crippen molar-refractivity contribution in [2.24, 2.45) is 5.92 Å². The summed E-state index contributed by atoms with van der Waals surface area (Å²) >= 11 is 0. The van der Waals surface area contributed by atoms with Gasteiger partial charge in [-0.15, -0.1) is 0 Å². The summed E-state index contributed by atoms with van der Waals surface area (Å²) in [6.45, 7) is 8.69. The molecule has 1 aromatic heterocycles. The molecule has 0 aromatic carbocycles. The minimum absolute atomic E-state index is 0.0710. The van der Waals surface area contributed by atoms with Crippen molar-refractivity contribution in [3.05, 3.63) is 6.33 Å². The van der Waals surface area contributed by atoms with Gasteiger partial charge in [0.1, 0.15) is 6.33 Å². The van der Waals surface area contributed by atoms with Crippen molar-refractivity contribution in [2.45, 2.75) is 40.2 Å². The van der Waals surface area contributed by atoms with Gasteiger partial charge in [-0.25, -0.2) is 0 Å². The molecule has 0 aliphatic heterocycles. The molecule has 0 radical (unpaired) electrons. The van der Waals surface area contributed by atoms with Gasteiger partial charge in [0.15, 0.2) is 5.69 Å². The largest absolute Gasteiger partial charge is 0.476 e. The van der Waals surface area contributed by atoms with Crippen LogP contribution >= 0.6 is 0 Å². The zero-order valence-electron chi connectivity index (χ0n) is 10.9. The summed E-state index contributed by atoms with van der Waals surface area (Å²) in [5.74, 6) is 1.35. The summed E-state index contributed by atoms with van der Waals surface area (Å²) < 4.78 is 11.0. The smallest absolute Gasteiger partial charge is 0.244 e. The molecule has 17 heavy (non-hydrogen) atoms. The van der Waals surface area contributed by atoms with E-state index in [0.717, 1.165) is 6.42 Å². The number of aromatic nitrogens is 2. The number of nitrogen functional groups attached to an aromatic ring is 1. The van der Waals surface area contributed by atoms with E-state index in [-0.39, 0.29) is 6.10 Å². The lowest BCUT2D eigenvalue weighted by Crippen LogP contribution is -2.16. The number of nitrogens with zero attached hydrogens (tertiary/aromatic N) is 2. The van der Waals surface area contributed by atoms with Crippen LogP contribution in [0.4, 0.5) is 5.69 Å². The molecule has 0 aliphatic carbocycles. The molecule has 1 rings (SSSR count). The molecule has 0 bridgehead atoms. The lowest BCUT2D eigenvalue weighted by atomic mass is 10.1. The average Bonchev–Trinajstić information content (AvgIpc) is 2.23. The predicted octanol–water partition coefficient (Wildman–Crippen LogP) is 2.27. The first-order valence-electron chi connectivity index (χ1n) is 5.94. The van der Waals surface area contributed by atoms with Crippen molar-refractivity contribution in [3.63, 3.8) is 0 Å². The number of hydrogen-bond donors (Lipinski definition) is 1. The van der Waals surface area contributed by atoms with Crippen molar-refractivity contribution in [3.8, 4) is 11.8 Å². The summed E-state index contributed by atoms with van der Waals surface area (Å²) in [6.07, 6.45) is 2.42. The predicted molar refractivity (Wildman–Crippen MR) is 67.2 cm³/mol. The third-order valence-corrected chi connectivity index (χ3v) is 2.21. The van der Waals surface area contributed by atoms with Gasteiger partial charge in [-0.3, -0.25) is 0 Å². The Labute approximate surface area is 102 Å². The molecule has 1 atom stereocenters. The van der Waals surface area contributed by atoms with E-state index in [9.17, 15) is 0 Å². The second kappa shape index (κ2) is 6.27. The highest BCUT2D eigenvalue weighted by molar-refractivity contribution is 5.55. The van der Waals surface area contributed by atoms with Gasteiger partial charge in [-0.2, -0.15) is 9.97 Å². The molecule has 0 saturated carbocycles. The third kappa shape index (κ3) is 4.09. The molecule has 2 N–H and O–H groups in total. The van der Waals surface area contributed by atoms with Gasteiger partial charge in [0.25, 0.3) is 0 Å². The number of ether oxygens (including phenoxy) is 2. The van der Waals surface area contributed by atoms with E-state index in [1.807, 2.05) is 13.8 Å². The highest BCUT2D eigenvalue weighted by Crippen LogP contribution is 2.27. The molecule has 1 unspecified atom stereocenters. The molecule has 1 aromatic rings. The van der Waals surface area contributed by atoms with Crippen LogP contribution in [0.5, 0.6) is 11.8 Å². The Kier molecular flexibility index (Phi) is 5.00. The van der Waals surface area contributed by atoms with Crippen molar-refractivity contribution in [1.82, 2.24) is 9.97 Å². The normalized spacial score (nSPS) is 12.5. The maximum Gasteiger partial charge on any atom is 0.244 e. The van der Waals surface area contributed by atoms with E-state index in [0.29, 0.717) is 30.0 Å². The van der Waals surface area contributed by atoms with E-state index >= 15 is 0 Å². The summed E-state index contributed by atoms with van der Waals surface area (Å²) in [4.78, 5) is 7.99. The first-order chi connectivity index (χ1) is 8.04. The molecule has 5 nitrogen and oxygen atoms in total. The fourth-order valence-electron chi connectivity index (χ4n) is 1.61. The van der Waals surface area contributed by atoms with Crippen LogP contribution in [0.1, 0.15) is 34.1 Å². The summed E-state index contributed by atoms with van der Waals surface area (Å²) in [6, 6.07) is 0. The van der Waals surface area contributed by atoms with E-state index in [1.165, 1.54) is 6.33 Å². The Hall–Kier alpha value is -1.52. The highest BCUT2D eigenvalue weighted by atomic mass is 16.5. The van der Waals surface area contributed by atoms with Crippen LogP contribution in [-0.4, -0.2) is 22.7 Å². The second-order valence-electron chi connectivity index (χ2n) is 4.39. The molecule has 1 heterocycles. The van der Waals surface area contributed by atoms with Crippen molar-refractivity contribution in [1.29, 1.82) is 0 Å². The van der Waals surface area contributed by atoms with Gasteiger partial charge in [0.2, 0.25) is 11.8 Å². The zero-order chi connectivity index (χ0) is 12.8. The Bertz CT molecular complexity index is 356. The molecule has 0 fully saturated rings. The summed E-state index contributed by atoms with van der Waals surface area (Å²) in [5, 5.41) is 0. The van der Waals surface area contributed by atoms with E-state index < -0.39 is 0 Å². The number of hydrogen-bond acceptors (Lipinski definition) is 5. The third-order valence-electron chi connectivity index (χ3n) is 2.21. The molecule has 0 saturated heterocycles. The molecule has 5 heteroatoms. The first kappa shape index (κ1) is 13.5. The fourth-order valence-corrected chi connectivity index (χ4v) is 1.61. The Morgan fingerprint density at radius 1 is 1.24 bits per heavy atom. The Balaban J connectivity index is 2.73. The maximum absolute atomic E-state index is 5.87. The standard InChI is InChI=1S/C12H21N3O2/c1-5-16-11-10(13)12(15-7-14-11)17-9(4)6-8(2)3/h7-9H,5-6,13H2,1-4H3. The topological polar surface area (TPSA) is 70.3 Å². The van der Waals surface area contributed by atoms with Crippen LogP contribution in [-0.2, 0) is 0 Å². The molecule has 0 aliphatic rings. The molecular weight excluding hydrogens is 218 g/mol. The van der Waals surface area contributed by atoms with Crippen LogP contribution in [0.3, 0.4) is 0 Å². The Morgan fingerprint density at radius 2 is 1.88 bits per heavy atom. The first-order valence-corrected chi connectivity index (χ1v) is 5.94. The van der Waals surface area contributed by atoms with Gasteiger partial charge >= 0.3 is 0 Å². The van der Waals surface area contributed by atoms with Crippen molar-refractivity contribution in [2.75, 3.05) is 12.3 Å². The maximum atomic E-state index is 5.87.